The van der Waals surface area contributed by atoms with Crippen LogP contribution in [-0.2, 0) is 16.1 Å². The summed E-state index contributed by atoms with van der Waals surface area (Å²) in [6.07, 6.45) is 5.76. The number of hydrogen-bond donors (Lipinski definition) is 1. The number of nitrogens with zero attached hydrogens (tertiary/aromatic N) is 1. The number of carbonyl (C=O) groups excluding carboxylic acids is 1. The van der Waals surface area contributed by atoms with Gasteiger partial charge in [0.1, 0.15) is 12.6 Å². The first-order chi connectivity index (χ1) is 9.06. The van der Waals surface area contributed by atoms with E-state index in [9.17, 15) is 9.59 Å². The number of ether oxygens (including phenoxy) is 1. The topological polar surface area (TPSA) is 74.3 Å². The van der Waals surface area contributed by atoms with Gasteiger partial charge in [-0.15, -0.1) is 0 Å². The molecule has 1 heterocycles. The predicted molar refractivity (Wildman–Crippen MR) is 72.6 cm³/mol. The molecule has 1 saturated carbocycles. The number of nitrogens with two attached hydrogens (primary N) is 1. The minimum Gasteiger partial charge on any atom is -0.461 e. The van der Waals surface area contributed by atoms with Gasteiger partial charge < -0.3 is 15.0 Å². The zero-order valence-corrected chi connectivity index (χ0v) is 11.2. The second kappa shape index (κ2) is 5.91. The summed E-state index contributed by atoms with van der Waals surface area (Å²) in [5.41, 5.74) is 5.81. The molecular formula is C14H20N2O3. The monoisotopic (exact) mass is 264 g/mol. The van der Waals surface area contributed by atoms with Crippen LogP contribution in [0.3, 0.4) is 0 Å². The Morgan fingerprint density at radius 2 is 2.16 bits per heavy atom. The van der Waals surface area contributed by atoms with E-state index < -0.39 is 0 Å². The third-order valence-electron chi connectivity index (χ3n) is 3.62. The SMILES string of the molecule is CC1CCCCC1OC(=O)Cn1cc(N)ccc1=O. The second-order valence-electron chi connectivity index (χ2n) is 5.22. The maximum absolute atomic E-state index is 11.9. The van der Waals surface area contributed by atoms with Crippen LogP contribution in [0.4, 0.5) is 5.69 Å². The van der Waals surface area contributed by atoms with E-state index in [0.29, 0.717) is 11.6 Å². The number of carbonyl (C=O) groups is 1. The lowest BCUT2D eigenvalue weighted by Crippen LogP contribution is -2.31. The molecule has 1 fully saturated rings. The Hall–Kier alpha value is -1.78. The van der Waals surface area contributed by atoms with Crippen LogP contribution in [0.5, 0.6) is 0 Å². The van der Waals surface area contributed by atoms with E-state index in [1.54, 1.807) is 0 Å². The van der Waals surface area contributed by atoms with Crippen LogP contribution < -0.4 is 11.3 Å². The fourth-order valence-electron chi connectivity index (χ4n) is 2.48. The third kappa shape index (κ3) is 3.59. The summed E-state index contributed by atoms with van der Waals surface area (Å²) < 4.78 is 6.75. The van der Waals surface area contributed by atoms with Gasteiger partial charge in [-0.05, 0) is 31.2 Å². The fraction of sp³-hybridized carbons (Fsp3) is 0.571. The summed E-state index contributed by atoms with van der Waals surface area (Å²) in [6.45, 7) is 2.02. The molecule has 2 rings (SSSR count). The Bertz CT molecular complexity index is 510. The van der Waals surface area contributed by atoms with Crippen molar-refractivity contribution in [1.29, 1.82) is 0 Å². The quantitative estimate of drug-likeness (QED) is 0.841. The lowest BCUT2D eigenvalue weighted by molar-refractivity contribution is -0.154. The Labute approximate surface area is 112 Å². The van der Waals surface area contributed by atoms with Gasteiger partial charge in [0, 0.05) is 18.0 Å². The van der Waals surface area contributed by atoms with Crippen LogP contribution in [0.25, 0.3) is 0 Å². The molecule has 0 bridgehead atoms. The van der Waals surface area contributed by atoms with Crippen molar-refractivity contribution in [2.45, 2.75) is 45.3 Å². The summed E-state index contributed by atoms with van der Waals surface area (Å²) in [4.78, 5) is 23.4. The summed E-state index contributed by atoms with van der Waals surface area (Å²) in [5, 5.41) is 0. The average molecular weight is 264 g/mol. The molecule has 2 unspecified atom stereocenters. The number of aromatic nitrogens is 1. The van der Waals surface area contributed by atoms with E-state index in [1.807, 2.05) is 0 Å². The van der Waals surface area contributed by atoms with Crippen molar-refractivity contribution in [2.75, 3.05) is 5.73 Å². The molecular weight excluding hydrogens is 244 g/mol. The highest BCUT2D eigenvalue weighted by Gasteiger charge is 2.24. The Balaban J connectivity index is 1.97. The number of rotatable bonds is 3. The molecule has 1 aliphatic carbocycles. The van der Waals surface area contributed by atoms with Gasteiger partial charge in [0.05, 0.1) is 0 Å². The molecule has 0 radical (unpaired) electrons. The highest BCUT2D eigenvalue weighted by molar-refractivity contribution is 5.69. The minimum absolute atomic E-state index is 0.0157. The molecule has 1 aromatic rings. The molecule has 104 valence electrons. The first-order valence-electron chi connectivity index (χ1n) is 6.71. The Morgan fingerprint density at radius 3 is 2.89 bits per heavy atom. The Morgan fingerprint density at radius 1 is 1.42 bits per heavy atom. The molecule has 1 aliphatic rings. The van der Waals surface area contributed by atoms with Crippen LogP contribution in [0, 0.1) is 5.92 Å². The van der Waals surface area contributed by atoms with Crippen molar-refractivity contribution in [3.8, 4) is 0 Å². The molecule has 1 aromatic heterocycles. The smallest absolute Gasteiger partial charge is 0.326 e. The molecule has 0 amide bonds. The van der Waals surface area contributed by atoms with Crippen molar-refractivity contribution in [3.05, 3.63) is 28.7 Å². The molecule has 5 heteroatoms. The molecule has 2 N–H and O–H groups in total. The highest BCUT2D eigenvalue weighted by atomic mass is 16.5. The normalized spacial score (nSPS) is 23.0. The van der Waals surface area contributed by atoms with Gasteiger partial charge >= 0.3 is 5.97 Å². The lowest BCUT2D eigenvalue weighted by atomic mass is 9.88. The molecule has 0 spiro atoms. The van der Waals surface area contributed by atoms with E-state index in [-0.39, 0.29) is 24.2 Å². The Kier molecular flexibility index (Phi) is 4.24. The van der Waals surface area contributed by atoms with Crippen molar-refractivity contribution in [1.82, 2.24) is 4.57 Å². The third-order valence-corrected chi connectivity index (χ3v) is 3.62. The van der Waals surface area contributed by atoms with E-state index in [2.05, 4.69) is 6.92 Å². The largest absolute Gasteiger partial charge is 0.461 e. The van der Waals surface area contributed by atoms with E-state index in [1.165, 1.54) is 29.3 Å². The van der Waals surface area contributed by atoms with Crippen LogP contribution in [0.2, 0.25) is 0 Å². The minimum atomic E-state index is -0.369. The summed E-state index contributed by atoms with van der Waals surface area (Å²) in [6, 6.07) is 2.87. The molecule has 5 nitrogen and oxygen atoms in total. The fourth-order valence-corrected chi connectivity index (χ4v) is 2.48. The van der Waals surface area contributed by atoms with Crippen molar-refractivity contribution in [2.24, 2.45) is 5.92 Å². The molecule has 0 saturated heterocycles. The average Bonchev–Trinajstić information content (AvgIpc) is 2.37. The van der Waals surface area contributed by atoms with Crippen molar-refractivity contribution >= 4 is 11.7 Å². The van der Waals surface area contributed by atoms with Crippen LogP contribution in [0.1, 0.15) is 32.6 Å². The van der Waals surface area contributed by atoms with Gasteiger partial charge in [-0.2, -0.15) is 0 Å². The number of esters is 1. The van der Waals surface area contributed by atoms with E-state index in [4.69, 9.17) is 10.5 Å². The highest BCUT2D eigenvalue weighted by Crippen LogP contribution is 2.26. The van der Waals surface area contributed by atoms with Crippen LogP contribution in [-0.4, -0.2) is 16.6 Å². The first kappa shape index (κ1) is 13.6. The summed E-state index contributed by atoms with van der Waals surface area (Å²) in [5.74, 6) is 0.0294. The summed E-state index contributed by atoms with van der Waals surface area (Å²) >= 11 is 0. The maximum Gasteiger partial charge on any atom is 0.326 e. The first-order valence-corrected chi connectivity index (χ1v) is 6.71. The van der Waals surface area contributed by atoms with Gasteiger partial charge in [0.2, 0.25) is 0 Å². The van der Waals surface area contributed by atoms with Crippen molar-refractivity contribution in [3.63, 3.8) is 0 Å². The van der Waals surface area contributed by atoms with E-state index in [0.717, 1.165) is 19.3 Å². The number of pyridine rings is 1. The molecule has 2 atom stereocenters. The lowest BCUT2D eigenvalue weighted by Gasteiger charge is -2.28. The molecule has 0 aromatic carbocycles. The summed E-state index contributed by atoms with van der Waals surface area (Å²) in [7, 11) is 0. The van der Waals surface area contributed by atoms with Gasteiger partial charge in [0.25, 0.3) is 5.56 Å². The molecule has 0 aliphatic heterocycles. The van der Waals surface area contributed by atoms with Gasteiger partial charge in [-0.25, -0.2) is 0 Å². The van der Waals surface area contributed by atoms with Crippen LogP contribution >= 0.6 is 0 Å². The van der Waals surface area contributed by atoms with Crippen molar-refractivity contribution < 1.29 is 9.53 Å². The number of hydrogen-bond acceptors (Lipinski definition) is 4. The predicted octanol–water partition coefficient (Wildman–Crippen LogP) is 1.55. The number of nitrogen functional groups attached to an aromatic ring is 1. The van der Waals surface area contributed by atoms with Gasteiger partial charge in [-0.3, -0.25) is 9.59 Å². The number of anilines is 1. The van der Waals surface area contributed by atoms with Gasteiger partial charge in [-0.1, -0.05) is 13.3 Å². The zero-order valence-electron chi connectivity index (χ0n) is 11.2. The maximum atomic E-state index is 11.9. The van der Waals surface area contributed by atoms with Crippen LogP contribution in [0.15, 0.2) is 23.1 Å². The zero-order chi connectivity index (χ0) is 13.8. The van der Waals surface area contributed by atoms with E-state index >= 15 is 0 Å². The second-order valence-corrected chi connectivity index (χ2v) is 5.22. The van der Waals surface area contributed by atoms with Gasteiger partial charge in [0.15, 0.2) is 0 Å². The molecule has 19 heavy (non-hydrogen) atoms. The standard InChI is InChI=1S/C14H20N2O3/c1-10-4-2-3-5-12(10)19-14(18)9-16-8-11(15)6-7-13(16)17/h6-8,10,12H,2-5,9,15H2,1H3.